The fraction of sp³-hybridized carbons (Fsp3) is 0.0667. The van der Waals surface area contributed by atoms with Crippen LogP contribution >= 0.6 is 15.9 Å². The van der Waals surface area contributed by atoms with Crippen LogP contribution in [0.1, 0.15) is 22.0 Å². The molecule has 2 aromatic carbocycles. The van der Waals surface area contributed by atoms with E-state index in [0.29, 0.717) is 5.56 Å². The van der Waals surface area contributed by atoms with Gasteiger partial charge in [-0.1, -0.05) is 46.3 Å². The minimum absolute atomic E-state index is 0.236. The van der Waals surface area contributed by atoms with E-state index in [1.54, 1.807) is 48.5 Å². The standard InChI is InChI=1S/C15H13BrN2O3/c16-10-6-7-11(12(17)8-10)14(19)18-13(15(20)21)9-4-2-1-3-5-9/h1-8,13H,17H2,(H,18,19)(H,20,21)/t13-/m1/s1. The molecule has 0 unspecified atom stereocenters. The lowest BCUT2D eigenvalue weighted by Gasteiger charge is -2.15. The predicted octanol–water partition coefficient (Wildman–Crippen LogP) is 2.59. The lowest BCUT2D eigenvalue weighted by Crippen LogP contribution is -2.34. The van der Waals surface area contributed by atoms with Crippen molar-refractivity contribution >= 4 is 33.5 Å². The Labute approximate surface area is 129 Å². The molecule has 0 aliphatic carbocycles. The third-order valence-corrected chi connectivity index (χ3v) is 3.41. The van der Waals surface area contributed by atoms with Gasteiger partial charge < -0.3 is 16.2 Å². The third kappa shape index (κ3) is 3.61. The summed E-state index contributed by atoms with van der Waals surface area (Å²) < 4.78 is 0.745. The molecule has 6 heteroatoms. The maximum atomic E-state index is 12.2. The topological polar surface area (TPSA) is 92.4 Å². The van der Waals surface area contributed by atoms with Gasteiger partial charge in [-0.15, -0.1) is 0 Å². The van der Waals surface area contributed by atoms with Crippen molar-refractivity contribution in [3.05, 3.63) is 64.1 Å². The Bertz CT molecular complexity index is 674. The Morgan fingerprint density at radius 3 is 2.38 bits per heavy atom. The van der Waals surface area contributed by atoms with Gasteiger partial charge in [0.2, 0.25) is 0 Å². The van der Waals surface area contributed by atoms with Crippen LogP contribution in [0.2, 0.25) is 0 Å². The first kappa shape index (κ1) is 15.1. The number of carboxylic acids is 1. The largest absolute Gasteiger partial charge is 0.479 e. The lowest BCUT2D eigenvalue weighted by molar-refractivity contribution is -0.139. The summed E-state index contributed by atoms with van der Waals surface area (Å²) in [7, 11) is 0. The SMILES string of the molecule is Nc1cc(Br)ccc1C(=O)N[C@@H](C(=O)O)c1ccccc1. The molecule has 2 aromatic rings. The minimum Gasteiger partial charge on any atom is -0.479 e. The monoisotopic (exact) mass is 348 g/mol. The summed E-state index contributed by atoms with van der Waals surface area (Å²) in [5, 5.41) is 11.8. The zero-order chi connectivity index (χ0) is 15.4. The molecule has 21 heavy (non-hydrogen) atoms. The highest BCUT2D eigenvalue weighted by molar-refractivity contribution is 9.10. The van der Waals surface area contributed by atoms with Crippen LogP contribution in [0.15, 0.2) is 53.0 Å². The van der Waals surface area contributed by atoms with Crippen LogP contribution < -0.4 is 11.1 Å². The number of nitrogens with two attached hydrogens (primary N) is 1. The summed E-state index contributed by atoms with van der Waals surface area (Å²) in [6, 6.07) is 12.2. The van der Waals surface area contributed by atoms with Crippen LogP contribution in [-0.2, 0) is 4.79 Å². The second-order valence-corrected chi connectivity index (χ2v) is 5.30. The first-order valence-corrected chi connectivity index (χ1v) is 6.92. The number of anilines is 1. The number of rotatable bonds is 4. The van der Waals surface area contributed by atoms with Gasteiger partial charge in [-0.25, -0.2) is 4.79 Å². The zero-order valence-electron chi connectivity index (χ0n) is 10.9. The van der Waals surface area contributed by atoms with E-state index in [4.69, 9.17) is 5.73 Å². The molecule has 5 nitrogen and oxygen atoms in total. The normalized spacial score (nSPS) is 11.7. The molecule has 1 amide bonds. The molecule has 0 bridgehead atoms. The molecule has 0 heterocycles. The van der Waals surface area contributed by atoms with Crippen molar-refractivity contribution in [3.63, 3.8) is 0 Å². The molecule has 0 saturated carbocycles. The van der Waals surface area contributed by atoms with Crippen LogP contribution in [-0.4, -0.2) is 17.0 Å². The summed E-state index contributed by atoms with van der Waals surface area (Å²) in [6.45, 7) is 0. The predicted molar refractivity (Wildman–Crippen MR) is 82.8 cm³/mol. The van der Waals surface area contributed by atoms with Gasteiger partial charge in [0.25, 0.3) is 5.91 Å². The van der Waals surface area contributed by atoms with Crippen LogP contribution in [0.25, 0.3) is 0 Å². The second-order valence-electron chi connectivity index (χ2n) is 4.39. The molecular weight excluding hydrogens is 336 g/mol. The number of carbonyl (C=O) groups excluding carboxylic acids is 1. The molecule has 4 N–H and O–H groups in total. The van der Waals surface area contributed by atoms with Crippen LogP contribution in [0, 0.1) is 0 Å². The molecule has 0 aliphatic heterocycles. The number of hydrogen-bond donors (Lipinski definition) is 3. The quantitative estimate of drug-likeness (QED) is 0.740. The summed E-state index contributed by atoms with van der Waals surface area (Å²) in [6.07, 6.45) is 0. The van der Waals surface area contributed by atoms with Crippen LogP contribution in [0.5, 0.6) is 0 Å². The molecule has 108 valence electrons. The van der Waals surface area contributed by atoms with Gasteiger partial charge in [0.05, 0.1) is 5.56 Å². The van der Waals surface area contributed by atoms with E-state index in [1.807, 2.05) is 0 Å². The van der Waals surface area contributed by atoms with Crippen molar-refractivity contribution in [1.82, 2.24) is 5.32 Å². The Morgan fingerprint density at radius 1 is 1.14 bits per heavy atom. The average molecular weight is 349 g/mol. The number of aliphatic carboxylic acids is 1. The highest BCUT2D eigenvalue weighted by Crippen LogP contribution is 2.20. The van der Waals surface area contributed by atoms with E-state index < -0.39 is 17.9 Å². The Hall–Kier alpha value is -2.34. The molecular formula is C15H13BrN2O3. The summed E-state index contributed by atoms with van der Waals surface area (Å²) in [4.78, 5) is 23.5. The maximum absolute atomic E-state index is 12.2. The Balaban J connectivity index is 2.25. The molecule has 0 aromatic heterocycles. The van der Waals surface area contributed by atoms with E-state index in [9.17, 15) is 14.7 Å². The Morgan fingerprint density at radius 2 is 1.81 bits per heavy atom. The zero-order valence-corrected chi connectivity index (χ0v) is 12.5. The number of halogens is 1. The van der Waals surface area contributed by atoms with Crippen molar-refractivity contribution in [3.8, 4) is 0 Å². The number of amides is 1. The van der Waals surface area contributed by atoms with Gasteiger partial charge in [0, 0.05) is 10.2 Å². The molecule has 1 atom stereocenters. The van der Waals surface area contributed by atoms with Gasteiger partial charge in [-0.2, -0.15) is 0 Å². The van der Waals surface area contributed by atoms with E-state index in [1.165, 1.54) is 0 Å². The van der Waals surface area contributed by atoms with Gasteiger partial charge >= 0.3 is 5.97 Å². The fourth-order valence-corrected chi connectivity index (χ4v) is 2.26. The number of carboxylic acid groups (broad SMARTS) is 1. The van der Waals surface area contributed by atoms with Crippen molar-refractivity contribution in [1.29, 1.82) is 0 Å². The van der Waals surface area contributed by atoms with Gasteiger partial charge in [-0.05, 0) is 23.8 Å². The smallest absolute Gasteiger partial charge is 0.330 e. The molecule has 2 rings (SSSR count). The highest BCUT2D eigenvalue weighted by atomic mass is 79.9. The Kier molecular flexibility index (Phi) is 4.59. The third-order valence-electron chi connectivity index (χ3n) is 2.91. The number of benzene rings is 2. The lowest BCUT2D eigenvalue weighted by atomic mass is 10.1. The van der Waals surface area contributed by atoms with Crippen molar-refractivity contribution in [2.24, 2.45) is 0 Å². The van der Waals surface area contributed by atoms with Gasteiger partial charge in [-0.3, -0.25) is 4.79 Å². The second kappa shape index (κ2) is 6.41. The molecule has 0 spiro atoms. The molecule has 0 saturated heterocycles. The average Bonchev–Trinajstić information content (AvgIpc) is 2.45. The van der Waals surface area contributed by atoms with Gasteiger partial charge in [0.15, 0.2) is 6.04 Å². The highest BCUT2D eigenvalue weighted by Gasteiger charge is 2.23. The summed E-state index contributed by atoms with van der Waals surface area (Å²) in [5.74, 6) is -1.67. The fourth-order valence-electron chi connectivity index (χ4n) is 1.88. The van der Waals surface area contributed by atoms with E-state index in [-0.39, 0.29) is 11.3 Å². The maximum Gasteiger partial charge on any atom is 0.330 e. The number of nitrogens with one attached hydrogen (secondary N) is 1. The number of hydrogen-bond acceptors (Lipinski definition) is 3. The molecule has 0 fully saturated rings. The van der Waals surface area contributed by atoms with Crippen molar-refractivity contribution < 1.29 is 14.7 Å². The van der Waals surface area contributed by atoms with E-state index >= 15 is 0 Å². The van der Waals surface area contributed by atoms with Crippen molar-refractivity contribution in [2.45, 2.75) is 6.04 Å². The van der Waals surface area contributed by atoms with Crippen LogP contribution in [0.3, 0.4) is 0 Å². The van der Waals surface area contributed by atoms with E-state index in [0.717, 1.165) is 4.47 Å². The first-order valence-electron chi connectivity index (χ1n) is 6.12. The number of carbonyl (C=O) groups is 2. The van der Waals surface area contributed by atoms with Crippen molar-refractivity contribution in [2.75, 3.05) is 5.73 Å². The van der Waals surface area contributed by atoms with E-state index in [2.05, 4.69) is 21.2 Å². The van der Waals surface area contributed by atoms with Gasteiger partial charge in [0.1, 0.15) is 0 Å². The minimum atomic E-state index is -1.13. The first-order chi connectivity index (χ1) is 9.99. The van der Waals surface area contributed by atoms with Crippen LogP contribution in [0.4, 0.5) is 5.69 Å². The molecule has 0 radical (unpaired) electrons. The molecule has 0 aliphatic rings. The summed E-state index contributed by atoms with van der Waals surface area (Å²) >= 11 is 3.25. The number of nitrogen functional groups attached to an aromatic ring is 1. The summed E-state index contributed by atoms with van der Waals surface area (Å²) in [5.41, 5.74) is 6.78.